The van der Waals surface area contributed by atoms with E-state index in [0.29, 0.717) is 19.4 Å². The van der Waals surface area contributed by atoms with Gasteiger partial charge in [0.1, 0.15) is 6.29 Å². The summed E-state index contributed by atoms with van der Waals surface area (Å²) in [6.45, 7) is 4.12. The van der Waals surface area contributed by atoms with E-state index in [1.54, 1.807) is 18.0 Å². The maximum atomic E-state index is 11.9. The Morgan fingerprint density at radius 2 is 2.20 bits per heavy atom. The van der Waals surface area contributed by atoms with Gasteiger partial charge in [-0.1, -0.05) is 18.2 Å². The Balaban J connectivity index is 2.68. The maximum Gasteiger partial charge on any atom is 0.226 e. The van der Waals surface area contributed by atoms with Crippen LogP contribution in [0.4, 0.5) is 0 Å². The van der Waals surface area contributed by atoms with Crippen LogP contribution in [0.15, 0.2) is 24.8 Å². The molecule has 3 heteroatoms. The zero-order valence-electron chi connectivity index (χ0n) is 9.06. The van der Waals surface area contributed by atoms with Gasteiger partial charge in [0.05, 0.1) is 5.92 Å². The molecule has 15 heavy (non-hydrogen) atoms. The second-order valence-electron chi connectivity index (χ2n) is 3.86. The lowest BCUT2D eigenvalue weighted by molar-refractivity contribution is -0.137. The fourth-order valence-corrected chi connectivity index (χ4v) is 1.84. The first-order valence-electron chi connectivity index (χ1n) is 5.17. The molecule has 1 aliphatic carbocycles. The molecule has 0 heterocycles. The average molecular weight is 207 g/mol. The second kappa shape index (κ2) is 5.49. The predicted octanol–water partition coefficient (Wildman–Crippen LogP) is 1.41. The van der Waals surface area contributed by atoms with E-state index in [9.17, 15) is 9.59 Å². The Morgan fingerprint density at radius 1 is 1.53 bits per heavy atom. The predicted molar refractivity (Wildman–Crippen MR) is 59.3 cm³/mol. The standard InChI is InChI=1S/C12H17NO2/c1-3-8-13(2)12(15)11-7-5-4-6-10(11)9-14/h3-5,9-11H,1,6-8H2,2H3. The molecule has 0 saturated carbocycles. The van der Waals surface area contributed by atoms with Crippen LogP contribution < -0.4 is 0 Å². The number of allylic oxidation sites excluding steroid dienone is 2. The quantitative estimate of drug-likeness (QED) is 0.516. The first-order chi connectivity index (χ1) is 7.20. The van der Waals surface area contributed by atoms with E-state index in [0.717, 1.165) is 6.29 Å². The number of hydrogen-bond donors (Lipinski definition) is 0. The van der Waals surface area contributed by atoms with Gasteiger partial charge in [0.15, 0.2) is 0 Å². The van der Waals surface area contributed by atoms with E-state index < -0.39 is 0 Å². The van der Waals surface area contributed by atoms with Crippen molar-refractivity contribution in [3.05, 3.63) is 24.8 Å². The number of carbonyl (C=O) groups excluding carboxylic acids is 2. The summed E-state index contributed by atoms with van der Waals surface area (Å²) in [6.07, 6.45) is 7.88. The van der Waals surface area contributed by atoms with E-state index in [1.165, 1.54) is 0 Å². The minimum Gasteiger partial charge on any atom is -0.342 e. The topological polar surface area (TPSA) is 37.4 Å². The van der Waals surface area contributed by atoms with E-state index in [1.807, 2.05) is 12.2 Å². The molecule has 0 saturated heterocycles. The molecule has 0 aromatic heterocycles. The average Bonchev–Trinajstić information content (AvgIpc) is 2.28. The minimum atomic E-state index is -0.183. The lowest BCUT2D eigenvalue weighted by atomic mass is 9.83. The molecule has 1 aliphatic rings. The van der Waals surface area contributed by atoms with Gasteiger partial charge in [-0.05, 0) is 12.8 Å². The van der Waals surface area contributed by atoms with Gasteiger partial charge in [-0.3, -0.25) is 4.79 Å². The molecule has 2 unspecified atom stereocenters. The van der Waals surface area contributed by atoms with E-state index >= 15 is 0 Å². The molecule has 3 nitrogen and oxygen atoms in total. The number of amides is 1. The summed E-state index contributed by atoms with van der Waals surface area (Å²) >= 11 is 0. The van der Waals surface area contributed by atoms with Gasteiger partial charge < -0.3 is 9.69 Å². The van der Waals surface area contributed by atoms with Crippen molar-refractivity contribution in [3.8, 4) is 0 Å². The van der Waals surface area contributed by atoms with Crippen molar-refractivity contribution >= 4 is 12.2 Å². The number of hydrogen-bond acceptors (Lipinski definition) is 2. The lowest BCUT2D eigenvalue weighted by Crippen LogP contribution is -2.37. The second-order valence-corrected chi connectivity index (χ2v) is 3.86. The molecular formula is C12H17NO2. The van der Waals surface area contributed by atoms with Crippen LogP contribution in [0, 0.1) is 11.8 Å². The first-order valence-corrected chi connectivity index (χ1v) is 5.17. The van der Waals surface area contributed by atoms with Gasteiger partial charge >= 0.3 is 0 Å². The SMILES string of the molecule is C=CCN(C)C(=O)C1CC=CCC1C=O. The van der Waals surface area contributed by atoms with E-state index in [-0.39, 0.29) is 17.7 Å². The van der Waals surface area contributed by atoms with E-state index in [4.69, 9.17) is 0 Å². The normalized spacial score (nSPS) is 24.6. The summed E-state index contributed by atoms with van der Waals surface area (Å²) in [4.78, 5) is 24.4. The number of rotatable bonds is 4. The molecule has 0 bridgehead atoms. The molecule has 0 aromatic rings. The monoisotopic (exact) mass is 207 g/mol. The van der Waals surface area contributed by atoms with Gasteiger partial charge in [-0.25, -0.2) is 0 Å². The van der Waals surface area contributed by atoms with Crippen molar-refractivity contribution in [1.82, 2.24) is 4.90 Å². The Labute approximate surface area is 90.5 Å². The fraction of sp³-hybridized carbons (Fsp3) is 0.500. The summed E-state index contributed by atoms with van der Waals surface area (Å²) in [5, 5.41) is 0. The first kappa shape index (κ1) is 11.7. The Hall–Kier alpha value is -1.38. The molecule has 0 fully saturated rings. The zero-order chi connectivity index (χ0) is 11.3. The maximum absolute atomic E-state index is 11.9. The zero-order valence-corrected chi connectivity index (χ0v) is 9.06. The Bertz CT molecular complexity index is 283. The van der Waals surface area contributed by atoms with Crippen molar-refractivity contribution in [3.63, 3.8) is 0 Å². The number of likely N-dealkylation sites (N-methyl/N-ethyl adjacent to an activating group) is 1. The van der Waals surface area contributed by atoms with Crippen molar-refractivity contribution in [2.45, 2.75) is 12.8 Å². The third-order valence-corrected chi connectivity index (χ3v) is 2.75. The third kappa shape index (κ3) is 2.78. The molecule has 1 amide bonds. The summed E-state index contributed by atoms with van der Waals surface area (Å²) in [5.74, 6) is -0.302. The smallest absolute Gasteiger partial charge is 0.226 e. The van der Waals surface area contributed by atoms with Crippen LogP contribution in [0.3, 0.4) is 0 Å². The van der Waals surface area contributed by atoms with Crippen molar-refractivity contribution < 1.29 is 9.59 Å². The van der Waals surface area contributed by atoms with Gasteiger partial charge in [-0.15, -0.1) is 6.58 Å². The Morgan fingerprint density at radius 3 is 2.80 bits per heavy atom. The largest absolute Gasteiger partial charge is 0.342 e. The summed E-state index contributed by atoms with van der Waals surface area (Å²) < 4.78 is 0. The molecule has 0 aliphatic heterocycles. The number of nitrogens with zero attached hydrogens (tertiary/aromatic N) is 1. The molecule has 2 atom stereocenters. The molecular weight excluding hydrogens is 190 g/mol. The van der Waals surface area contributed by atoms with Gasteiger partial charge in [-0.2, -0.15) is 0 Å². The van der Waals surface area contributed by atoms with E-state index in [2.05, 4.69) is 6.58 Å². The van der Waals surface area contributed by atoms with Crippen molar-refractivity contribution in [1.29, 1.82) is 0 Å². The third-order valence-electron chi connectivity index (χ3n) is 2.75. The highest BCUT2D eigenvalue weighted by Gasteiger charge is 2.30. The van der Waals surface area contributed by atoms with Gasteiger partial charge in [0, 0.05) is 19.5 Å². The van der Waals surface area contributed by atoms with Crippen LogP contribution in [0.2, 0.25) is 0 Å². The Kier molecular flexibility index (Phi) is 4.28. The van der Waals surface area contributed by atoms with Crippen LogP contribution >= 0.6 is 0 Å². The van der Waals surface area contributed by atoms with Crippen LogP contribution in [0.1, 0.15) is 12.8 Å². The summed E-state index contributed by atoms with van der Waals surface area (Å²) in [5.41, 5.74) is 0. The summed E-state index contributed by atoms with van der Waals surface area (Å²) in [6, 6.07) is 0. The molecule has 0 aromatic carbocycles. The summed E-state index contributed by atoms with van der Waals surface area (Å²) in [7, 11) is 1.74. The lowest BCUT2D eigenvalue weighted by Gasteiger charge is -2.27. The van der Waals surface area contributed by atoms with Crippen LogP contribution in [-0.2, 0) is 9.59 Å². The highest BCUT2D eigenvalue weighted by atomic mass is 16.2. The van der Waals surface area contributed by atoms with Crippen LogP contribution in [0.25, 0.3) is 0 Å². The molecule has 0 spiro atoms. The van der Waals surface area contributed by atoms with Crippen molar-refractivity contribution in [2.75, 3.05) is 13.6 Å². The molecule has 1 rings (SSSR count). The highest BCUT2D eigenvalue weighted by molar-refractivity contribution is 5.82. The van der Waals surface area contributed by atoms with Crippen LogP contribution in [-0.4, -0.2) is 30.7 Å². The number of aldehydes is 1. The van der Waals surface area contributed by atoms with Crippen molar-refractivity contribution in [2.24, 2.45) is 11.8 Å². The minimum absolute atomic E-state index is 0.0383. The fourth-order valence-electron chi connectivity index (χ4n) is 1.84. The molecule has 0 radical (unpaired) electrons. The molecule has 0 N–H and O–H groups in total. The van der Waals surface area contributed by atoms with Gasteiger partial charge in [0.25, 0.3) is 0 Å². The van der Waals surface area contributed by atoms with Gasteiger partial charge in [0.2, 0.25) is 5.91 Å². The van der Waals surface area contributed by atoms with Crippen LogP contribution in [0.5, 0.6) is 0 Å². The highest BCUT2D eigenvalue weighted by Crippen LogP contribution is 2.25. The number of carbonyl (C=O) groups is 2. The molecule has 82 valence electrons.